The van der Waals surface area contributed by atoms with E-state index in [1.165, 1.54) is 0 Å². The molecule has 2 heterocycles. The van der Waals surface area contributed by atoms with Crippen molar-refractivity contribution >= 4 is 9.84 Å². The molecule has 20 heavy (non-hydrogen) atoms. The average molecular weight is 299 g/mol. The van der Waals surface area contributed by atoms with Crippen molar-refractivity contribution in [1.82, 2.24) is 10.1 Å². The maximum absolute atomic E-state index is 11.5. The summed E-state index contributed by atoms with van der Waals surface area (Å²) in [4.78, 5) is 4.41. The van der Waals surface area contributed by atoms with Gasteiger partial charge in [-0.05, 0) is 38.0 Å². The molecule has 0 amide bonds. The number of nitrogens with two attached hydrogens (primary N) is 1. The van der Waals surface area contributed by atoms with Gasteiger partial charge in [-0.2, -0.15) is 4.98 Å². The van der Waals surface area contributed by atoms with Crippen LogP contribution in [0.25, 0.3) is 0 Å². The van der Waals surface area contributed by atoms with E-state index in [2.05, 4.69) is 17.1 Å². The van der Waals surface area contributed by atoms with Crippen molar-refractivity contribution in [2.75, 3.05) is 11.5 Å². The summed E-state index contributed by atoms with van der Waals surface area (Å²) < 4.78 is 28.4. The Balaban J connectivity index is 1.77. The van der Waals surface area contributed by atoms with Crippen molar-refractivity contribution in [2.45, 2.75) is 50.5 Å². The Labute approximate surface area is 119 Å². The highest BCUT2D eigenvalue weighted by atomic mass is 32.2. The van der Waals surface area contributed by atoms with E-state index in [9.17, 15) is 8.42 Å². The van der Waals surface area contributed by atoms with Gasteiger partial charge in [0, 0.05) is 5.92 Å². The molecule has 2 aliphatic rings. The van der Waals surface area contributed by atoms with Crippen LogP contribution in [0.15, 0.2) is 4.52 Å². The number of aromatic nitrogens is 2. The maximum Gasteiger partial charge on any atom is 0.246 e. The van der Waals surface area contributed by atoms with Gasteiger partial charge in [-0.15, -0.1) is 0 Å². The third-order valence-corrected chi connectivity index (χ3v) is 6.40. The van der Waals surface area contributed by atoms with E-state index in [4.69, 9.17) is 10.3 Å². The largest absolute Gasteiger partial charge is 0.337 e. The van der Waals surface area contributed by atoms with Gasteiger partial charge in [-0.3, -0.25) is 0 Å². The van der Waals surface area contributed by atoms with Crippen molar-refractivity contribution in [2.24, 2.45) is 11.7 Å². The molecule has 1 aromatic rings. The van der Waals surface area contributed by atoms with Crippen LogP contribution in [0, 0.1) is 5.92 Å². The Bertz CT molecular complexity index is 588. The second kappa shape index (κ2) is 4.80. The zero-order chi connectivity index (χ0) is 14.4. The van der Waals surface area contributed by atoms with Crippen LogP contribution in [0.2, 0.25) is 0 Å². The van der Waals surface area contributed by atoms with Crippen LogP contribution in [0.3, 0.4) is 0 Å². The van der Waals surface area contributed by atoms with Gasteiger partial charge in [0.25, 0.3) is 0 Å². The fourth-order valence-corrected chi connectivity index (χ4v) is 4.83. The number of nitrogens with zero attached hydrogens (tertiary/aromatic N) is 2. The Morgan fingerprint density at radius 2 is 2.00 bits per heavy atom. The van der Waals surface area contributed by atoms with E-state index in [-0.39, 0.29) is 17.4 Å². The van der Waals surface area contributed by atoms with Gasteiger partial charge in [0.1, 0.15) is 0 Å². The van der Waals surface area contributed by atoms with E-state index in [1.54, 1.807) is 0 Å². The normalized spacial score (nSPS) is 37.1. The summed E-state index contributed by atoms with van der Waals surface area (Å²) in [6.07, 6.45) is 4.39. The smallest absolute Gasteiger partial charge is 0.246 e. The van der Waals surface area contributed by atoms with Crippen LogP contribution in [0.4, 0.5) is 0 Å². The molecule has 0 radical (unpaired) electrons. The quantitative estimate of drug-likeness (QED) is 0.884. The van der Waals surface area contributed by atoms with Gasteiger partial charge in [0.05, 0.1) is 17.0 Å². The van der Waals surface area contributed by atoms with Gasteiger partial charge >= 0.3 is 0 Å². The Hall–Kier alpha value is -0.950. The van der Waals surface area contributed by atoms with Crippen molar-refractivity contribution in [3.63, 3.8) is 0 Å². The molecule has 3 rings (SSSR count). The van der Waals surface area contributed by atoms with E-state index >= 15 is 0 Å². The van der Waals surface area contributed by atoms with Crippen molar-refractivity contribution in [1.29, 1.82) is 0 Å². The summed E-state index contributed by atoms with van der Waals surface area (Å²) >= 11 is 0. The Morgan fingerprint density at radius 3 is 2.60 bits per heavy atom. The summed E-state index contributed by atoms with van der Waals surface area (Å²) in [6, 6.07) is 0. The lowest BCUT2D eigenvalue weighted by Crippen LogP contribution is -2.40. The molecule has 2 fully saturated rings. The third kappa shape index (κ3) is 2.61. The highest BCUT2D eigenvalue weighted by Crippen LogP contribution is 2.37. The topological polar surface area (TPSA) is 99.1 Å². The van der Waals surface area contributed by atoms with Crippen LogP contribution in [0.5, 0.6) is 0 Å². The molecule has 1 aliphatic carbocycles. The molecule has 1 unspecified atom stereocenters. The predicted octanol–water partition coefficient (Wildman–Crippen LogP) is 1.34. The first kappa shape index (κ1) is 14.0. The average Bonchev–Trinajstić information content (AvgIpc) is 3.00. The molecule has 1 aliphatic heterocycles. The maximum atomic E-state index is 11.5. The highest BCUT2D eigenvalue weighted by Gasteiger charge is 2.39. The van der Waals surface area contributed by atoms with Crippen LogP contribution in [0.1, 0.15) is 56.7 Å². The molecule has 0 bridgehead atoms. The van der Waals surface area contributed by atoms with Gasteiger partial charge in [0.2, 0.25) is 5.89 Å². The van der Waals surface area contributed by atoms with Gasteiger partial charge in [-0.1, -0.05) is 12.1 Å². The minimum Gasteiger partial charge on any atom is -0.337 e. The monoisotopic (exact) mass is 299 g/mol. The first-order valence-corrected chi connectivity index (χ1v) is 9.03. The van der Waals surface area contributed by atoms with Gasteiger partial charge < -0.3 is 10.3 Å². The molecule has 112 valence electrons. The lowest BCUT2D eigenvalue weighted by Gasteiger charge is -2.32. The fraction of sp³-hybridized carbons (Fsp3) is 0.846. The zero-order valence-electron chi connectivity index (χ0n) is 11.7. The van der Waals surface area contributed by atoms with Gasteiger partial charge in [-0.25, -0.2) is 8.42 Å². The fourth-order valence-electron chi connectivity index (χ4n) is 3.09. The molecule has 1 atom stereocenters. The molecule has 6 nitrogen and oxygen atoms in total. The highest BCUT2D eigenvalue weighted by molar-refractivity contribution is 7.91. The SMILES string of the molecule is CC1CCC(N)(c2nc(C3CCS(=O)(=O)C3)no2)CC1. The molecular formula is C13H21N3O3S. The molecule has 1 saturated carbocycles. The third-order valence-electron chi connectivity index (χ3n) is 4.63. The van der Waals surface area contributed by atoms with E-state index in [0.717, 1.165) is 25.7 Å². The van der Waals surface area contributed by atoms with E-state index < -0.39 is 15.4 Å². The first-order chi connectivity index (χ1) is 9.38. The van der Waals surface area contributed by atoms with E-state index in [1.807, 2.05) is 0 Å². The lowest BCUT2D eigenvalue weighted by atomic mass is 9.78. The number of hydrogen-bond donors (Lipinski definition) is 1. The molecule has 1 saturated heterocycles. The summed E-state index contributed by atoms with van der Waals surface area (Å²) in [5, 5.41) is 3.97. The van der Waals surface area contributed by atoms with Crippen LogP contribution in [-0.2, 0) is 15.4 Å². The minimum atomic E-state index is -2.93. The van der Waals surface area contributed by atoms with Crippen LogP contribution < -0.4 is 5.73 Å². The summed E-state index contributed by atoms with van der Waals surface area (Å²) in [5.74, 6) is 1.87. The van der Waals surface area contributed by atoms with Crippen LogP contribution in [-0.4, -0.2) is 30.1 Å². The molecule has 7 heteroatoms. The second-order valence-electron chi connectivity index (χ2n) is 6.40. The number of hydrogen-bond acceptors (Lipinski definition) is 6. The zero-order valence-corrected chi connectivity index (χ0v) is 12.5. The minimum absolute atomic E-state index is 0.126. The number of rotatable bonds is 2. The summed E-state index contributed by atoms with van der Waals surface area (Å²) in [7, 11) is -2.93. The Kier molecular flexibility index (Phi) is 3.36. The molecule has 1 aromatic heterocycles. The lowest BCUT2D eigenvalue weighted by molar-refractivity contribution is 0.190. The van der Waals surface area contributed by atoms with Crippen molar-refractivity contribution < 1.29 is 12.9 Å². The van der Waals surface area contributed by atoms with Crippen molar-refractivity contribution in [3.05, 3.63) is 11.7 Å². The molecule has 0 spiro atoms. The second-order valence-corrected chi connectivity index (χ2v) is 8.63. The van der Waals surface area contributed by atoms with Crippen molar-refractivity contribution in [3.8, 4) is 0 Å². The number of sulfone groups is 1. The Morgan fingerprint density at radius 1 is 1.30 bits per heavy atom. The molecule has 2 N–H and O–H groups in total. The van der Waals surface area contributed by atoms with E-state index in [0.29, 0.717) is 24.1 Å². The first-order valence-electron chi connectivity index (χ1n) is 7.21. The standard InChI is InChI=1S/C13H21N3O3S/c1-9-2-5-13(14,6-3-9)12-15-11(16-19-12)10-4-7-20(17,18)8-10/h9-10H,2-8,14H2,1H3. The molecular weight excluding hydrogens is 278 g/mol. The van der Waals surface area contributed by atoms with Crippen LogP contribution >= 0.6 is 0 Å². The molecule has 0 aromatic carbocycles. The summed E-state index contributed by atoms with van der Waals surface area (Å²) in [6.45, 7) is 2.22. The summed E-state index contributed by atoms with van der Waals surface area (Å²) in [5.41, 5.74) is 5.86. The van der Waals surface area contributed by atoms with Gasteiger partial charge in [0.15, 0.2) is 15.7 Å². The predicted molar refractivity (Wildman–Crippen MR) is 73.8 cm³/mol.